The van der Waals surface area contributed by atoms with Crippen molar-refractivity contribution in [2.24, 2.45) is 0 Å². The van der Waals surface area contributed by atoms with E-state index in [1.165, 1.54) is 0 Å². The smallest absolute Gasteiger partial charge is 0.274 e. The Morgan fingerprint density at radius 1 is 1.23 bits per heavy atom. The van der Waals surface area contributed by atoms with Crippen LogP contribution in [-0.2, 0) is 0 Å². The van der Waals surface area contributed by atoms with E-state index in [0.29, 0.717) is 18.1 Å². The molecule has 4 heterocycles. The monoisotopic (exact) mass is 350 g/mol. The highest BCUT2D eigenvalue weighted by Crippen LogP contribution is 2.33. The van der Waals surface area contributed by atoms with Crippen LogP contribution in [0.3, 0.4) is 0 Å². The molecule has 4 rings (SSSR count). The maximum absolute atomic E-state index is 13.1. The molecule has 1 atom stereocenters. The zero-order valence-electron chi connectivity index (χ0n) is 15.2. The number of anilines is 1. The molecule has 3 aromatic heterocycles. The summed E-state index contributed by atoms with van der Waals surface area (Å²) in [6.07, 6.45) is 3.69. The second kappa shape index (κ2) is 6.40. The Morgan fingerprint density at radius 2 is 2.08 bits per heavy atom. The van der Waals surface area contributed by atoms with Crippen LogP contribution in [0.1, 0.15) is 46.6 Å². The Bertz CT molecular complexity index is 979. The first-order chi connectivity index (χ1) is 12.6. The maximum atomic E-state index is 13.1. The number of aryl methyl sites for hydroxylation is 2. The van der Waals surface area contributed by atoms with Crippen molar-refractivity contribution in [2.75, 3.05) is 18.9 Å². The summed E-state index contributed by atoms with van der Waals surface area (Å²) in [5.41, 5.74) is 3.20. The average Bonchev–Trinajstić information content (AvgIpc) is 3.28. The zero-order valence-corrected chi connectivity index (χ0v) is 15.2. The van der Waals surface area contributed by atoms with Gasteiger partial charge in [0, 0.05) is 31.5 Å². The van der Waals surface area contributed by atoms with Crippen LogP contribution in [0.2, 0.25) is 0 Å². The van der Waals surface area contributed by atoms with Crippen LogP contribution in [0.15, 0.2) is 30.5 Å². The van der Waals surface area contributed by atoms with E-state index < -0.39 is 0 Å². The number of pyridine rings is 1. The van der Waals surface area contributed by atoms with Crippen LogP contribution in [-0.4, -0.2) is 43.8 Å². The SMILES string of the molecule is CNc1cc(C2CCCN2C(=O)c2cn3c(C)cccc3n2)nc(C)n1. The Morgan fingerprint density at radius 3 is 2.85 bits per heavy atom. The second-order valence-electron chi connectivity index (χ2n) is 6.65. The quantitative estimate of drug-likeness (QED) is 0.786. The van der Waals surface area contributed by atoms with Crippen LogP contribution in [0.25, 0.3) is 5.65 Å². The van der Waals surface area contributed by atoms with Crippen molar-refractivity contribution >= 4 is 17.4 Å². The van der Waals surface area contributed by atoms with Gasteiger partial charge in [-0.2, -0.15) is 0 Å². The van der Waals surface area contributed by atoms with E-state index in [1.54, 1.807) is 0 Å². The maximum Gasteiger partial charge on any atom is 0.274 e. The van der Waals surface area contributed by atoms with Gasteiger partial charge in [0.2, 0.25) is 0 Å². The molecule has 1 N–H and O–H groups in total. The molecule has 7 heteroatoms. The standard InChI is InChI=1S/C19H22N6O/c1-12-6-4-8-18-23-15(11-25(12)18)19(26)24-9-5-7-16(24)14-10-17(20-3)22-13(2)21-14/h4,6,8,10-11,16H,5,7,9H2,1-3H3,(H,20,21,22). The predicted molar refractivity (Wildman–Crippen MR) is 99.3 cm³/mol. The molecule has 3 aromatic rings. The number of nitrogens with one attached hydrogen (secondary N) is 1. The summed E-state index contributed by atoms with van der Waals surface area (Å²) in [5, 5.41) is 3.06. The second-order valence-corrected chi connectivity index (χ2v) is 6.65. The molecule has 1 aliphatic rings. The van der Waals surface area contributed by atoms with Crippen molar-refractivity contribution in [3.8, 4) is 0 Å². The van der Waals surface area contributed by atoms with E-state index in [4.69, 9.17) is 0 Å². The highest BCUT2D eigenvalue weighted by Gasteiger charge is 2.33. The topological polar surface area (TPSA) is 75.4 Å². The fourth-order valence-corrected chi connectivity index (χ4v) is 3.61. The number of carbonyl (C=O) groups is 1. The first-order valence-corrected chi connectivity index (χ1v) is 8.86. The Labute approximate surface area is 152 Å². The number of aromatic nitrogens is 4. The Hall–Kier alpha value is -2.96. The molecule has 0 bridgehead atoms. The zero-order chi connectivity index (χ0) is 18.3. The van der Waals surface area contributed by atoms with Crippen molar-refractivity contribution in [2.45, 2.75) is 32.7 Å². The molecular formula is C19H22N6O. The van der Waals surface area contributed by atoms with Gasteiger partial charge in [-0.25, -0.2) is 15.0 Å². The minimum absolute atomic E-state index is 0.0396. The molecule has 1 amide bonds. The minimum Gasteiger partial charge on any atom is -0.373 e. The summed E-state index contributed by atoms with van der Waals surface area (Å²) in [5.74, 6) is 1.43. The van der Waals surface area contributed by atoms with Gasteiger partial charge < -0.3 is 14.6 Å². The van der Waals surface area contributed by atoms with Gasteiger partial charge in [0.05, 0.1) is 11.7 Å². The molecule has 1 fully saturated rings. The van der Waals surface area contributed by atoms with Crippen LogP contribution in [0, 0.1) is 13.8 Å². The van der Waals surface area contributed by atoms with E-state index >= 15 is 0 Å². The number of likely N-dealkylation sites (tertiary alicyclic amines) is 1. The first kappa shape index (κ1) is 16.5. The fraction of sp³-hybridized carbons (Fsp3) is 0.368. The number of fused-ring (bicyclic) bond motifs is 1. The summed E-state index contributed by atoms with van der Waals surface area (Å²) in [7, 11) is 1.84. The highest BCUT2D eigenvalue weighted by molar-refractivity contribution is 5.93. The van der Waals surface area contributed by atoms with E-state index in [-0.39, 0.29) is 11.9 Å². The molecule has 26 heavy (non-hydrogen) atoms. The molecular weight excluding hydrogens is 328 g/mol. The molecule has 0 spiro atoms. The molecule has 0 aliphatic carbocycles. The normalized spacial score (nSPS) is 17.0. The molecule has 7 nitrogen and oxygen atoms in total. The average molecular weight is 350 g/mol. The van der Waals surface area contributed by atoms with Gasteiger partial charge in [0.1, 0.15) is 23.0 Å². The Kier molecular flexibility index (Phi) is 4.06. The van der Waals surface area contributed by atoms with Crippen molar-refractivity contribution in [1.29, 1.82) is 0 Å². The van der Waals surface area contributed by atoms with E-state index in [2.05, 4.69) is 20.3 Å². The molecule has 1 unspecified atom stereocenters. The number of hydrogen-bond donors (Lipinski definition) is 1. The van der Waals surface area contributed by atoms with Gasteiger partial charge in [-0.3, -0.25) is 4.79 Å². The van der Waals surface area contributed by atoms with Crippen LogP contribution in [0.5, 0.6) is 0 Å². The van der Waals surface area contributed by atoms with Gasteiger partial charge in [-0.05, 0) is 38.8 Å². The van der Waals surface area contributed by atoms with E-state index in [9.17, 15) is 4.79 Å². The third-order valence-electron chi connectivity index (χ3n) is 4.88. The lowest BCUT2D eigenvalue weighted by atomic mass is 10.1. The minimum atomic E-state index is -0.0436. The summed E-state index contributed by atoms with van der Waals surface area (Å²) in [4.78, 5) is 28.5. The molecule has 1 saturated heterocycles. The number of amides is 1. The molecule has 0 saturated carbocycles. The molecule has 0 aromatic carbocycles. The summed E-state index contributed by atoms with van der Waals surface area (Å²) < 4.78 is 1.95. The number of hydrogen-bond acceptors (Lipinski definition) is 5. The first-order valence-electron chi connectivity index (χ1n) is 8.86. The lowest BCUT2D eigenvalue weighted by molar-refractivity contribution is 0.0727. The molecule has 0 radical (unpaired) electrons. The highest BCUT2D eigenvalue weighted by atomic mass is 16.2. The lowest BCUT2D eigenvalue weighted by Crippen LogP contribution is -2.31. The van der Waals surface area contributed by atoms with Crippen molar-refractivity contribution in [1.82, 2.24) is 24.3 Å². The third-order valence-corrected chi connectivity index (χ3v) is 4.88. The molecule has 1 aliphatic heterocycles. The van der Waals surface area contributed by atoms with Crippen LogP contribution < -0.4 is 5.32 Å². The van der Waals surface area contributed by atoms with Crippen molar-refractivity contribution in [3.63, 3.8) is 0 Å². The summed E-state index contributed by atoms with van der Waals surface area (Å²) in [6, 6.07) is 7.76. The van der Waals surface area contributed by atoms with Gasteiger partial charge in [0.25, 0.3) is 5.91 Å². The van der Waals surface area contributed by atoms with Gasteiger partial charge in [0.15, 0.2) is 0 Å². The third kappa shape index (κ3) is 2.79. The van der Waals surface area contributed by atoms with E-state index in [1.807, 2.05) is 60.7 Å². The predicted octanol–water partition coefficient (Wildman–Crippen LogP) is 2.76. The van der Waals surface area contributed by atoms with E-state index in [0.717, 1.165) is 35.7 Å². The van der Waals surface area contributed by atoms with Crippen molar-refractivity contribution in [3.05, 3.63) is 53.4 Å². The number of carbonyl (C=O) groups excluding carboxylic acids is 1. The number of nitrogens with zero attached hydrogens (tertiary/aromatic N) is 5. The number of imidazole rings is 1. The molecule has 134 valence electrons. The Balaban J connectivity index is 1.68. The van der Waals surface area contributed by atoms with Gasteiger partial charge >= 0.3 is 0 Å². The van der Waals surface area contributed by atoms with Crippen LogP contribution in [0.4, 0.5) is 5.82 Å². The van der Waals surface area contributed by atoms with Gasteiger partial charge in [-0.1, -0.05) is 6.07 Å². The van der Waals surface area contributed by atoms with Crippen molar-refractivity contribution < 1.29 is 4.79 Å². The van der Waals surface area contributed by atoms with Gasteiger partial charge in [-0.15, -0.1) is 0 Å². The summed E-state index contributed by atoms with van der Waals surface area (Å²) in [6.45, 7) is 4.59. The largest absolute Gasteiger partial charge is 0.373 e. The number of rotatable bonds is 3. The summed E-state index contributed by atoms with van der Waals surface area (Å²) >= 11 is 0. The fourth-order valence-electron chi connectivity index (χ4n) is 3.61. The van der Waals surface area contributed by atoms with Crippen LogP contribution >= 0.6 is 0 Å². The lowest BCUT2D eigenvalue weighted by Gasteiger charge is -2.24.